The van der Waals surface area contributed by atoms with Gasteiger partial charge in [-0.1, -0.05) is 0 Å². The van der Waals surface area contributed by atoms with E-state index < -0.39 is 0 Å². The molecule has 0 N–H and O–H groups in total. The van der Waals surface area contributed by atoms with Crippen molar-refractivity contribution in [3.63, 3.8) is 0 Å². The number of hydrogen-bond acceptors (Lipinski definition) is 0. The zero-order valence-corrected chi connectivity index (χ0v) is 8.54. The van der Waals surface area contributed by atoms with E-state index in [1.165, 1.54) is 31.3 Å². The predicted octanol–water partition coefficient (Wildman–Crippen LogP) is 2.86. The fraction of sp³-hybridized carbons (Fsp3) is 0.667. The van der Waals surface area contributed by atoms with Gasteiger partial charge in [0, 0.05) is 0 Å². The van der Waals surface area contributed by atoms with E-state index in [1.807, 2.05) is 0 Å². The molecule has 0 fully saturated rings. The van der Waals surface area contributed by atoms with E-state index in [1.54, 1.807) is 0 Å². The molecule has 0 aromatic heterocycles. The van der Waals surface area contributed by atoms with Gasteiger partial charge in [0.15, 0.2) is 0 Å². The Morgan fingerprint density at radius 1 is 1.30 bits per heavy atom. The molecule has 0 saturated carbocycles. The summed E-state index contributed by atoms with van der Waals surface area (Å²) in [5.41, 5.74) is 1.47. The molecule has 10 heavy (non-hydrogen) atoms. The molecule has 0 aliphatic carbocycles. The van der Waals surface area contributed by atoms with Gasteiger partial charge in [0.1, 0.15) is 0 Å². The first-order valence-corrected chi connectivity index (χ1v) is 4.94. The van der Waals surface area contributed by atoms with Crippen LogP contribution < -0.4 is 0 Å². The SMILES string of the molecule is CCCC=C([CH]=[Tm])CCC. The van der Waals surface area contributed by atoms with Crippen molar-refractivity contribution in [2.75, 3.05) is 0 Å². The summed E-state index contributed by atoms with van der Waals surface area (Å²) in [4.78, 5) is 0. The third kappa shape index (κ3) is 5.62. The molecule has 0 aromatic carbocycles. The van der Waals surface area contributed by atoms with Crippen LogP contribution in [0.15, 0.2) is 11.6 Å². The Labute approximate surface area is 87.1 Å². The summed E-state index contributed by atoms with van der Waals surface area (Å²) in [6, 6.07) is 0. The average Bonchev–Trinajstić information content (AvgIpc) is 1.98. The molecular formula is C9H16Tm. The van der Waals surface area contributed by atoms with Crippen LogP contribution in [0.4, 0.5) is 0 Å². The van der Waals surface area contributed by atoms with E-state index in [-0.39, 0.29) is 0 Å². The van der Waals surface area contributed by atoms with Crippen LogP contribution in [0.3, 0.4) is 0 Å². The monoisotopic (exact) mass is 293 g/mol. The molecule has 0 heterocycles. The average molecular weight is 293 g/mol. The second-order valence-electron chi connectivity index (χ2n) is 2.40. The maximum atomic E-state index is 2.85. The van der Waals surface area contributed by atoms with E-state index in [0.29, 0.717) is 0 Å². The molecule has 0 rings (SSSR count). The first kappa shape index (κ1) is 10.8. The topological polar surface area (TPSA) is 0 Å². The van der Waals surface area contributed by atoms with Gasteiger partial charge < -0.3 is 0 Å². The van der Waals surface area contributed by atoms with Crippen molar-refractivity contribution in [1.82, 2.24) is 0 Å². The van der Waals surface area contributed by atoms with E-state index in [4.69, 9.17) is 0 Å². The van der Waals surface area contributed by atoms with E-state index in [9.17, 15) is 0 Å². The Balaban J connectivity index is 3.66. The molecule has 0 amide bonds. The fourth-order valence-electron chi connectivity index (χ4n) is 0.793. The molecule has 1 heteroatoms. The van der Waals surface area contributed by atoms with Crippen molar-refractivity contribution < 1.29 is 34.4 Å². The van der Waals surface area contributed by atoms with Crippen LogP contribution >= 0.6 is 0 Å². The van der Waals surface area contributed by atoms with Crippen LogP contribution in [-0.4, -0.2) is 2.21 Å². The summed E-state index contributed by atoms with van der Waals surface area (Å²) in [5, 5.41) is 0. The van der Waals surface area contributed by atoms with Gasteiger partial charge in [-0.2, -0.15) is 0 Å². The molecule has 0 bridgehead atoms. The second kappa shape index (κ2) is 7.95. The molecule has 0 aliphatic heterocycles. The quantitative estimate of drug-likeness (QED) is 0.731. The third-order valence-electron chi connectivity index (χ3n) is 1.34. The fourth-order valence-corrected chi connectivity index (χ4v) is 1.26. The normalized spacial score (nSPS) is 11.8. The molecule has 0 aliphatic rings. The molecule has 0 saturated heterocycles. The molecule has 0 unspecified atom stereocenters. The number of hydrogen-bond donors (Lipinski definition) is 0. The minimum absolute atomic E-state index is 1.22. The molecule has 65 valence electrons. The van der Waals surface area contributed by atoms with Gasteiger partial charge in [-0.15, -0.1) is 0 Å². The van der Waals surface area contributed by atoms with E-state index in [0.717, 1.165) is 0 Å². The number of allylic oxidation sites excluding steroid dienone is 2. The van der Waals surface area contributed by atoms with Crippen molar-refractivity contribution >= 4 is 2.21 Å². The summed E-state index contributed by atoms with van der Waals surface area (Å²) >= 11 is 2.85. The van der Waals surface area contributed by atoms with Crippen LogP contribution in [0.25, 0.3) is 0 Å². The van der Waals surface area contributed by atoms with Crippen LogP contribution in [0, 0.1) is 34.4 Å². The summed E-state index contributed by atoms with van der Waals surface area (Å²) < 4.78 is 2.11. The summed E-state index contributed by atoms with van der Waals surface area (Å²) in [6.45, 7) is 4.42. The van der Waals surface area contributed by atoms with Gasteiger partial charge in [-0.25, -0.2) is 0 Å². The zero-order chi connectivity index (χ0) is 7.82. The summed E-state index contributed by atoms with van der Waals surface area (Å²) in [6.07, 6.45) is 7.26. The number of unbranched alkanes of at least 4 members (excludes halogenated alkanes) is 1. The third-order valence-corrected chi connectivity index (χ3v) is 2.00. The van der Waals surface area contributed by atoms with Gasteiger partial charge >= 0.3 is 87.8 Å². The van der Waals surface area contributed by atoms with Gasteiger partial charge in [-0.3, -0.25) is 0 Å². The second-order valence-corrected chi connectivity index (χ2v) is 2.91. The first-order chi connectivity index (χ1) is 4.85. The van der Waals surface area contributed by atoms with Crippen molar-refractivity contribution in [1.29, 1.82) is 0 Å². The Bertz CT molecular complexity index is 114. The standard InChI is InChI=1S/C9H16.Tm/c1-4-6-8-9(3)7-5-2;/h3,8H,4-7H2,1-2H3;. The Morgan fingerprint density at radius 2 is 2.00 bits per heavy atom. The first-order valence-electron chi connectivity index (χ1n) is 3.91. The van der Waals surface area contributed by atoms with Gasteiger partial charge in [0.05, 0.1) is 0 Å². The molecule has 0 radical (unpaired) electrons. The van der Waals surface area contributed by atoms with Crippen molar-refractivity contribution in [2.24, 2.45) is 0 Å². The Kier molecular flexibility index (Phi) is 8.62. The van der Waals surface area contributed by atoms with Gasteiger partial charge in [-0.05, 0) is 0 Å². The van der Waals surface area contributed by atoms with Crippen molar-refractivity contribution in [3.8, 4) is 0 Å². The maximum absolute atomic E-state index is 2.85. The van der Waals surface area contributed by atoms with E-state index in [2.05, 4.69) is 56.6 Å². The summed E-state index contributed by atoms with van der Waals surface area (Å²) in [7, 11) is 0. The molecule has 0 atom stereocenters. The van der Waals surface area contributed by atoms with Crippen LogP contribution in [0.5, 0.6) is 0 Å². The van der Waals surface area contributed by atoms with Crippen molar-refractivity contribution in [3.05, 3.63) is 11.6 Å². The predicted molar refractivity (Wildman–Crippen MR) is 44.0 cm³/mol. The van der Waals surface area contributed by atoms with Crippen LogP contribution in [0.1, 0.15) is 39.5 Å². The molecular weight excluding hydrogens is 277 g/mol. The molecule has 0 spiro atoms. The molecule has 0 aromatic rings. The van der Waals surface area contributed by atoms with Gasteiger partial charge in [0.25, 0.3) is 0 Å². The summed E-state index contributed by atoms with van der Waals surface area (Å²) in [5.74, 6) is 0. The number of rotatable bonds is 5. The molecule has 0 nitrogen and oxygen atoms in total. The van der Waals surface area contributed by atoms with Gasteiger partial charge in [0.2, 0.25) is 0 Å². The van der Waals surface area contributed by atoms with Crippen LogP contribution in [-0.2, 0) is 0 Å². The van der Waals surface area contributed by atoms with Crippen LogP contribution in [0.2, 0.25) is 0 Å². The Hall–Kier alpha value is 0.844. The minimum atomic E-state index is 1.22. The van der Waals surface area contributed by atoms with E-state index >= 15 is 0 Å². The zero-order valence-electron chi connectivity index (χ0n) is 6.76. The van der Waals surface area contributed by atoms with Crippen molar-refractivity contribution in [2.45, 2.75) is 39.5 Å². The Morgan fingerprint density at radius 3 is 2.40 bits per heavy atom.